The van der Waals surface area contributed by atoms with E-state index in [1.165, 1.54) is 11.1 Å². The maximum Gasteiger partial charge on any atom is 0.409 e. The van der Waals surface area contributed by atoms with Crippen LogP contribution in [0.1, 0.15) is 63.4 Å². The fourth-order valence-corrected chi connectivity index (χ4v) is 7.79. The molecule has 37 heavy (non-hydrogen) atoms. The number of hydrogen-bond acceptors (Lipinski definition) is 3. The molecule has 4 aliphatic carbocycles. The first kappa shape index (κ1) is 24.4. The first-order valence-electron chi connectivity index (χ1n) is 13.1. The quantitative estimate of drug-likeness (QED) is 0.474. The maximum atomic E-state index is 13.2. The molecular formula is C30H31F3N2O2. The van der Waals surface area contributed by atoms with Crippen molar-refractivity contribution in [2.75, 3.05) is 0 Å². The first-order chi connectivity index (χ1) is 17.6. The number of hydrogen-bond donors (Lipinski definition) is 1. The molecule has 1 aromatic heterocycles. The van der Waals surface area contributed by atoms with Crippen LogP contribution < -0.4 is 0 Å². The third kappa shape index (κ3) is 4.02. The van der Waals surface area contributed by atoms with Crippen LogP contribution in [0.3, 0.4) is 0 Å². The summed E-state index contributed by atoms with van der Waals surface area (Å²) in [7, 11) is 0. The number of ketones is 1. The van der Waals surface area contributed by atoms with E-state index in [1.54, 1.807) is 12.5 Å². The van der Waals surface area contributed by atoms with Crippen LogP contribution in [0, 0.1) is 17.3 Å². The van der Waals surface area contributed by atoms with Gasteiger partial charge in [-0.2, -0.15) is 13.2 Å². The van der Waals surface area contributed by atoms with Gasteiger partial charge in [0.25, 0.3) is 0 Å². The average Bonchev–Trinajstić information content (AvgIpc) is 3.49. The Kier molecular flexibility index (Phi) is 5.64. The molecule has 1 aromatic carbocycles. The molecule has 7 heteroatoms. The molecule has 0 amide bonds. The van der Waals surface area contributed by atoms with Gasteiger partial charge in [0.15, 0.2) is 5.78 Å². The number of rotatable bonds is 3. The van der Waals surface area contributed by atoms with Crippen LogP contribution in [-0.2, 0) is 4.79 Å². The zero-order chi connectivity index (χ0) is 26.0. The maximum absolute atomic E-state index is 13.2. The van der Waals surface area contributed by atoms with Crippen LogP contribution in [0.5, 0.6) is 0 Å². The predicted molar refractivity (Wildman–Crippen MR) is 134 cm³/mol. The molecule has 1 heterocycles. The number of imidazole rings is 1. The van der Waals surface area contributed by atoms with Crippen molar-refractivity contribution in [3.05, 3.63) is 83.5 Å². The number of aliphatic hydroxyl groups is 1. The van der Waals surface area contributed by atoms with Crippen LogP contribution in [0.4, 0.5) is 13.2 Å². The monoisotopic (exact) mass is 508 g/mol. The lowest BCUT2D eigenvalue weighted by atomic mass is 9.51. The lowest BCUT2D eigenvalue weighted by Crippen LogP contribution is -2.50. The summed E-state index contributed by atoms with van der Waals surface area (Å²) < 4.78 is 41.4. The molecule has 2 fully saturated rings. The van der Waals surface area contributed by atoms with Crippen molar-refractivity contribution in [1.82, 2.24) is 9.55 Å². The third-order valence-electron chi connectivity index (χ3n) is 9.60. The van der Waals surface area contributed by atoms with Gasteiger partial charge >= 0.3 is 6.18 Å². The van der Waals surface area contributed by atoms with Gasteiger partial charge in [-0.1, -0.05) is 24.6 Å². The second kappa shape index (κ2) is 8.55. The summed E-state index contributed by atoms with van der Waals surface area (Å²) in [5.74, 6) is 0.426. The summed E-state index contributed by atoms with van der Waals surface area (Å²) in [6.07, 6.45) is 8.43. The van der Waals surface area contributed by atoms with E-state index < -0.39 is 17.2 Å². The Morgan fingerprint density at radius 3 is 2.62 bits per heavy atom. The molecule has 0 bridgehead atoms. The van der Waals surface area contributed by atoms with Crippen molar-refractivity contribution in [2.45, 2.75) is 69.6 Å². The summed E-state index contributed by atoms with van der Waals surface area (Å²) in [5.41, 5.74) is 3.64. The lowest BCUT2D eigenvalue weighted by Gasteiger charge is -2.54. The number of benzene rings is 1. The fraction of sp³-hybridized carbons (Fsp3) is 0.467. The molecule has 194 valence electrons. The van der Waals surface area contributed by atoms with Gasteiger partial charge in [-0.25, -0.2) is 4.98 Å². The molecular weight excluding hydrogens is 477 g/mol. The van der Waals surface area contributed by atoms with E-state index in [4.69, 9.17) is 0 Å². The molecule has 4 aliphatic rings. The number of carbonyl (C=O) groups excluding carboxylic acids is 1. The Bertz CT molecular complexity index is 1310. The van der Waals surface area contributed by atoms with E-state index in [1.807, 2.05) is 35.9 Å². The molecule has 2 aromatic rings. The second-order valence-electron chi connectivity index (χ2n) is 11.4. The minimum absolute atomic E-state index is 0.0288. The van der Waals surface area contributed by atoms with E-state index in [-0.39, 0.29) is 29.6 Å². The molecule has 5 atom stereocenters. The zero-order valence-electron chi connectivity index (χ0n) is 20.8. The number of carbonyl (C=O) groups is 1. The highest BCUT2D eigenvalue weighted by Crippen LogP contribution is 2.67. The van der Waals surface area contributed by atoms with E-state index >= 15 is 0 Å². The zero-order valence-corrected chi connectivity index (χ0v) is 20.8. The highest BCUT2D eigenvalue weighted by Gasteiger charge is 2.62. The average molecular weight is 509 g/mol. The van der Waals surface area contributed by atoms with Crippen LogP contribution >= 0.6 is 0 Å². The van der Waals surface area contributed by atoms with E-state index in [9.17, 15) is 23.1 Å². The van der Waals surface area contributed by atoms with Crippen LogP contribution in [0.15, 0.2) is 77.9 Å². The summed E-state index contributed by atoms with van der Waals surface area (Å²) >= 11 is 0. The molecule has 6 rings (SSSR count). The summed E-state index contributed by atoms with van der Waals surface area (Å²) in [6, 6.07) is 8.28. The number of fused-ring (bicyclic) bond motifs is 4. The number of aromatic nitrogens is 2. The largest absolute Gasteiger partial charge is 0.409 e. The molecule has 0 radical (unpaired) electrons. The van der Waals surface area contributed by atoms with Crippen LogP contribution in [-0.4, -0.2) is 32.2 Å². The molecule has 2 saturated carbocycles. The Labute approximate surface area is 214 Å². The van der Waals surface area contributed by atoms with Gasteiger partial charge in [-0.3, -0.25) is 4.79 Å². The highest BCUT2D eigenvalue weighted by atomic mass is 19.4. The number of nitrogens with zero attached hydrogens (tertiary/aromatic N) is 2. The molecule has 0 saturated heterocycles. The Morgan fingerprint density at radius 2 is 1.92 bits per heavy atom. The topological polar surface area (TPSA) is 55.1 Å². The molecule has 0 aliphatic heterocycles. The number of halogens is 3. The summed E-state index contributed by atoms with van der Waals surface area (Å²) in [4.78, 5) is 16.3. The van der Waals surface area contributed by atoms with Crippen molar-refractivity contribution < 1.29 is 23.1 Å². The smallest absolute Gasteiger partial charge is 0.385 e. The Morgan fingerprint density at radius 1 is 1.14 bits per heavy atom. The van der Waals surface area contributed by atoms with E-state index in [2.05, 4.69) is 17.1 Å². The normalized spacial score (nSPS) is 33.8. The highest BCUT2D eigenvalue weighted by molar-refractivity contribution is 5.93. The van der Waals surface area contributed by atoms with Gasteiger partial charge in [-0.05, 0) is 91.4 Å². The predicted octanol–water partition coefficient (Wildman–Crippen LogP) is 6.62. The Balaban J connectivity index is 1.46. The van der Waals surface area contributed by atoms with Crippen molar-refractivity contribution in [1.29, 1.82) is 0 Å². The van der Waals surface area contributed by atoms with Crippen molar-refractivity contribution >= 4 is 5.78 Å². The summed E-state index contributed by atoms with van der Waals surface area (Å²) in [6.45, 7) is 2.00. The van der Waals surface area contributed by atoms with Gasteiger partial charge in [0, 0.05) is 41.9 Å². The fourth-order valence-electron chi connectivity index (χ4n) is 7.79. The van der Waals surface area contributed by atoms with Gasteiger partial charge < -0.3 is 9.67 Å². The van der Waals surface area contributed by atoms with Gasteiger partial charge in [0.05, 0.1) is 11.9 Å². The minimum Gasteiger partial charge on any atom is -0.385 e. The van der Waals surface area contributed by atoms with Crippen molar-refractivity contribution in [3.63, 3.8) is 0 Å². The van der Waals surface area contributed by atoms with Crippen LogP contribution in [0.25, 0.3) is 5.69 Å². The van der Waals surface area contributed by atoms with Crippen molar-refractivity contribution in [3.8, 4) is 5.69 Å². The Hall–Kier alpha value is -2.93. The SMILES string of the molecule is CC12C[C@H](c3ccc(-n4ccnc4)cc3)C3=C4CCC(=O)C=C4CCC3C1CC[C@@]2(O)/C=C/C(F)(F)F. The third-order valence-corrected chi connectivity index (χ3v) is 9.60. The molecule has 3 unspecified atom stereocenters. The van der Waals surface area contributed by atoms with Gasteiger partial charge in [0.2, 0.25) is 0 Å². The molecule has 4 nitrogen and oxygen atoms in total. The van der Waals surface area contributed by atoms with E-state index in [0.29, 0.717) is 25.7 Å². The second-order valence-corrected chi connectivity index (χ2v) is 11.4. The summed E-state index contributed by atoms with van der Waals surface area (Å²) in [5, 5.41) is 11.7. The minimum atomic E-state index is -4.46. The number of allylic oxidation sites excluding steroid dienone is 5. The van der Waals surface area contributed by atoms with Crippen LogP contribution in [0.2, 0.25) is 0 Å². The molecule has 1 N–H and O–H groups in total. The number of alkyl halides is 3. The first-order valence-corrected chi connectivity index (χ1v) is 13.1. The van der Waals surface area contributed by atoms with E-state index in [0.717, 1.165) is 42.2 Å². The standard InChI is InChI=1S/C30H31F3N2O2/c1-28-17-25(19-2-5-21(6-3-19)35-15-14-34-18-35)27-23-9-7-22(36)16-20(23)4-8-24(27)26(28)10-11-29(28,37)12-13-30(31,32)33/h2-3,5-6,12-16,18,24-26,37H,4,7-11,17H2,1H3/b13-12+/t24?,25-,26?,28?,29-/m1/s1. The van der Waals surface area contributed by atoms with Gasteiger partial charge in [0.1, 0.15) is 0 Å². The van der Waals surface area contributed by atoms with Gasteiger partial charge in [-0.15, -0.1) is 0 Å². The molecule has 0 spiro atoms. The lowest BCUT2D eigenvalue weighted by molar-refractivity contribution is -0.114. The van der Waals surface area contributed by atoms with Crippen molar-refractivity contribution in [2.24, 2.45) is 17.3 Å².